The van der Waals surface area contributed by atoms with E-state index in [2.05, 4.69) is 17.2 Å². The highest BCUT2D eigenvalue weighted by molar-refractivity contribution is 5.93. The number of hydrogen-bond acceptors (Lipinski definition) is 4. The van der Waals surface area contributed by atoms with E-state index in [9.17, 15) is 9.59 Å². The number of aryl methyl sites for hydroxylation is 2. The summed E-state index contributed by atoms with van der Waals surface area (Å²) in [5, 5.41) is 3.06. The molecule has 0 saturated heterocycles. The lowest BCUT2D eigenvalue weighted by molar-refractivity contribution is 0.0209. The molecule has 1 saturated carbocycles. The first-order valence-corrected chi connectivity index (χ1v) is 9.47. The smallest absolute Gasteiger partial charge is 0.334 e. The van der Waals surface area contributed by atoms with Gasteiger partial charge in [-0.1, -0.05) is 13.3 Å². The van der Waals surface area contributed by atoms with Crippen LogP contribution in [0.4, 0.5) is 0 Å². The summed E-state index contributed by atoms with van der Waals surface area (Å²) in [6.07, 6.45) is 9.48. The van der Waals surface area contributed by atoms with Crippen molar-refractivity contribution < 1.29 is 9.53 Å². The molecule has 1 amide bonds. The second kappa shape index (κ2) is 8.03. The third kappa shape index (κ3) is 3.82. The second-order valence-corrected chi connectivity index (χ2v) is 7.18. The maximum absolute atomic E-state index is 12.7. The Morgan fingerprint density at radius 3 is 2.77 bits per heavy atom. The highest BCUT2D eigenvalue weighted by atomic mass is 16.5. The van der Waals surface area contributed by atoms with Gasteiger partial charge in [-0.2, -0.15) is 0 Å². The van der Waals surface area contributed by atoms with Crippen LogP contribution in [0.5, 0.6) is 0 Å². The molecule has 7 heteroatoms. The Bertz CT molecular complexity index is 831. The first kappa shape index (κ1) is 18.6. The van der Waals surface area contributed by atoms with Crippen LogP contribution in [0.15, 0.2) is 17.2 Å². The SMILES string of the molecule is CCCCOC1CCC(NC(=O)c2cnc3c(C)cn(C)c(=O)n23)CC1. The van der Waals surface area contributed by atoms with Gasteiger partial charge < -0.3 is 14.6 Å². The molecule has 7 nitrogen and oxygen atoms in total. The Balaban J connectivity index is 1.65. The largest absolute Gasteiger partial charge is 0.378 e. The molecule has 142 valence electrons. The normalized spacial score (nSPS) is 20.4. The van der Waals surface area contributed by atoms with Gasteiger partial charge in [0.1, 0.15) is 11.3 Å². The average molecular weight is 360 g/mol. The molecule has 0 atom stereocenters. The highest BCUT2D eigenvalue weighted by Crippen LogP contribution is 2.22. The van der Waals surface area contributed by atoms with Gasteiger partial charge in [0, 0.05) is 31.5 Å². The van der Waals surface area contributed by atoms with E-state index in [0.717, 1.165) is 50.7 Å². The van der Waals surface area contributed by atoms with Gasteiger partial charge in [-0.15, -0.1) is 0 Å². The summed E-state index contributed by atoms with van der Waals surface area (Å²) in [6.45, 7) is 4.86. The Labute approximate surface area is 153 Å². The second-order valence-electron chi connectivity index (χ2n) is 7.18. The van der Waals surface area contributed by atoms with E-state index in [1.807, 2.05) is 6.92 Å². The number of imidazole rings is 1. The monoisotopic (exact) mass is 360 g/mol. The van der Waals surface area contributed by atoms with Crippen molar-refractivity contribution >= 4 is 11.6 Å². The number of carbonyl (C=O) groups excluding carboxylic acids is 1. The van der Waals surface area contributed by atoms with E-state index < -0.39 is 0 Å². The number of ether oxygens (including phenoxy) is 1. The summed E-state index contributed by atoms with van der Waals surface area (Å²) in [4.78, 5) is 29.4. The number of unbranched alkanes of at least 4 members (excludes halogenated alkanes) is 1. The molecule has 1 fully saturated rings. The molecule has 0 radical (unpaired) electrons. The van der Waals surface area contributed by atoms with Crippen LogP contribution in [-0.4, -0.2) is 38.6 Å². The van der Waals surface area contributed by atoms with Crippen molar-refractivity contribution in [2.24, 2.45) is 7.05 Å². The van der Waals surface area contributed by atoms with E-state index in [4.69, 9.17) is 4.74 Å². The van der Waals surface area contributed by atoms with E-state index in [0.29, 0.717) is 17.4 Å². The first-order chi connectivity index (χ1) is 12.5. The number of hydrogen-bond donors (Lipinski definition) is 1. The maximum atomic E-state index is 12.7. The molecule has 1 aliphatic carbocycles. The molecular formula is C19H28N4O3. The number of aromatic nitrogens is 3. The molecule has 2 aromatic rings. The zero-order valence-electron chi connectivity index (χ0n) is 15.8. The lowest BCUT2D eigenvalue weighted by atomic mass is 9.93. The van der Waals surface area contributed by atoms with Gasteiger partial charge in [0.05, 0.1) is 12.3 Å². The fourth-order valence-electron chi connectivity index (χ4n) is 3.57. The summed E-state index contributed by atoms with van der Waals surface area (Å²) in [7, 11) is 1.68. The van der Waals surface area contributed by atoms with Gasteiger partial charge in [-0.3, -0.25) is 4.79 Å². The molecule has 1 N–H and O–H groups in total. The Hall–Kier alpha value is -2.15. The quantitative estimate of drug-likeness (QED) is 0.801. The third-order valence-electron chi connectivity index (χ3n) is 5.09. The van der Waals surface area contributed by atoms with E-state index in [1.165, 1.54) is 15.2 Å². The van der Waals surface area contributed by atoms with Crippen molar-refractivity contribution in [3.63, 3.8) is 0 Å². The van der Waals surface area contributed by atoms with Crippen LogP contribution in [0.25, 0.3) is 5.65 Å². The number of rotatable bonds is 6. The van der Waals surface area contributed by atoms with Gasteiger partial charge in [0.15, 0.2) is 0 Å². The van der Waals surface area contributed by atoms with Crippen LogP contribution < -0.4 is 11.0 Å². The molecular weight excluding hydrogens is 332 g/mol. The van der Waals surface area contributed by atoms with Gasteiger partial charge >= 0.3 is 5.69 Å². The lowest BCUT2D eigenvalue weighted by Crippen LogP contribution is -2.40. The topological polar surface area (TPSA) is 77.6 Å². The molecule has 0 bridgehead atoms. The average Bonchev–Trinajstić information content (AvgIpc) is 3.07. The lowest BCUT2D eigenvalue weighted by Gasteiger charge is -2.29. The minimum absolute atomic E-state index is 0.118. The summed E-state index contributed by atoms with van der Waals surface area (Å²) in [6, 6.07) is 0.118. The third-order valence-corrected chi connectivity index (χ3v) is 5.09. The number of fused-ring (bicyclic) bond motifs is 1. The van der Waals surface area contributed by atoms with Crippen LogP contribution in [0, 0.1) is 6.92 Å². The van der Waals surface area contributed by atoms with Crippen LogP contribution in [-0.2, 0) is 11.8 Å². The minimum Gasteiger partial charge on any atom is -0.378 e. The zero-order chi connectivity index (χ0) is 18.7. The van der Waals surface area contributed by atoms with E-state index >= 15 is 0 Å². The fourth-order valence-corrected chi connectivity index (χ4v) is 3.57. The zero-order valence-corrected chi connectivity index (χ0v) is 15.8. The summed E-state index contributed by atoms with van der Waals surface area (Å²) in [5.41, 5.74) is 1.43. The van der Waals surface area contributed by atoms with Crippen molar-refractivity contribution in [1.82, 2.24) is 19.3 Å². The summed E-state index contributed by atoms with van der Waals surface area (Å²) < 4.78 is 8.74. The van der Waals surface area contributed by atoms with Gasteiger partial charge in [-0.25, -0.2) is 14.2 Å². The summed E-state index contributed by atoms with van der Waals surface area (Å²) >= 11 is 0. The summed E-state index contributed by atoms with van der Waals surface area (Å²) in [5.74, 6) is -0.240. The Kier molecular flexibility index (Phi) is 5.76. The molecule has 0 aliphatic heterocycles. The van der Waals surface area contributed by atoms with Gasteiger partial charge in [-0.05, 0) is 39.0 Å². The maximum Gasteiger partial charge on any atom is 0.334 e. The van der Waals surface area contributed by atoms with Crippen LogP contribution in [0.3, 0.4) is 0 Å². The van der Waals surface area contributed by atoms with Crippen LogP contribution in [0.1, 0.15) is 61.5 Å². The number of nitrogens with one attached hydrogen (secondary N) is 1. The predicted octanol–water partition coefficient (Wildman–Crippen LogP) is 2.20. The Morgan fingerprint density at radius 1 is 1.35 bits per heavy atom. The molecule has 2 aromatic heterocycles. The predicted molar refractivity (Wildman–Crippen MR) is 99.5 cm³/mol. The van der Waals surface area contributed by atoms with E-state index in [-0.39, 0.29) is 17.6 Å². The standard InChI is InChI=1S/C19H28N4O3/c1-4-5-10-26-15-8-6-14(7-9-15)21-18(24)16-11-20-17-13(2)12-22(3)19(25)23(16)17/h11-12,14-15H,4-10H2,1-3H3,(H,21,24). The molecule has 1 aliphatic rings. The van der Waals surface area contributed by atoms with Crippen LogP contribution in [0.2, 0.25) is 0 Å². The number of nitrogens with zero attached hydrogens (tertiary/aromatic N) is 3. The minimum atomic E-state index is -0.263. The molecule has 3 rings (SSSR count). The molecule has 26 heavy (non-hydrogen) atoms. The van der Waals surface area contributed by atoms with Crippen LogP contribution >= 0.6 is 0 Å². The number of carbonyl (C=O) groups is 1. The molecule has 0 unspecified atom stereocenters. The van der Waals surface area contributed by atoms with Gasteiger partial charge in [0.2, 0.25) is 0 Å². The number of amides is 1. The first-order valence-electron chi connectivity index (χ1n) is 9.47. The molecule has 0 spiro atoms. The van der Waals surface area contributed by atoms with Crippen molar-refractivity contribution in [2.45, 2.75) is 64.5 Å². The van der Waals surface area contributed by atoms with Gasteiger partial charge in [0.25, 0.3) is 5.91 Å². The Morgan fingerprint density at radius 2 is 2.08 bits per heavy atom. The van der Waals surface area contributed by atoms with Crippen molar-refractivity contribution in [3.8, 4) is 0 Å². The van der Waals surface area contributed by atoms with E-state index in [1.54, 1.807) is 13.2 Å². The van der Waals surface area contributed by atoms with Crippen molar-refractivity contribution in [1.29, 1.82) is 0 Å². The molecule has 2 heterocycles. The van der Waals surface area contributed by atoms with Crippen molar-refractivity contribution in [3.05, 3.63) is 34.1 Å². The molecule has 0 aromatic carbocycles. The van der Waals surface area contributed by atoms with Crippen molar-refractivity contribution in [2.75, 3.05) is 6.61 Å². The fraction of sp³-hybridized carbons (Fsp3) is 0.632. The highest BCUT2D eigenvalue weighted by Gasteiger charge is 2.25.